The number of nitrogens with one attached hydrogen (secondary N) is 1. The van der Waals surface area contributed by atoms with Crippen LogP contribution in [-0.2, 0) is 6.54 Å². The number of hydrogen-bond acceptors (Lipinski definition) is 3. The Balaban J connectivity index is 2.48. The first-order chi connectivity index (χ1) is 9.08. The van der Waals surface area contributed by atoms with Crippen LogP contribution in [0.1, 0.15) is 31.7 Å². The minimum atomic E-state index is -0.947. The number of aromatic hydroxyl groups is 1. The number of aliphatic hydroxyl groups excluding tert-OH is 1. The fourth-order valence-electron chi connectivity index (χ4n) is 2.08. The number of hydrogen-bond donors (Lipinski definition) is 3. The summed E-state index contributed by atoms with van der Waals surface area (Å²) in [5.41, 5.74) is 0.451. The summed E-state index contributed by atoms with van der Waals surface area (Å²) in [6.07, 6.45) is 2.76. The average molecular weight is 273 g/mol. The molecule has 1 rings (SSSR count). The number of halogens is 2. The van der Waals surface area contributed by atoms with Crippen LogP contribution in [0.2, 0.25) is 0 Å². The smallest absolute Gasteiger partial charge is 0.187 e. The van der Waals surface area contributed by atoms with Gasteiger partial charge in [0.1, 0.15) is 0 Å². The first-order valence-electron chi connectivity index (χ1n) is 6.57. The van der Waals surface area contributed by atoms with Crippen molar-refractivity contribution < 1.29 is 19.0 Å². The van der Waals surface area contributed by atoms with Gasteiger partial charge in [0, 0.05) is 13.2 Å². The third-order valence-electron chi connectivity index (χ3n) is 3.07. The Morgan fingerprint density at radius 3 is 2.37 bits per heavy atom. The number of aliphatic hydroxyl groups is 1. The molecule has 1 unspecified atom stereocenters. The Morgan fingerprint density at radius 1 is 1.21 bits per heavy atom. The lowest BCUT2D eigenvalue weighted by Crippen LogP contribution is -2.23. The molecule has 0 fully saturated rings. The van der Waals surface area contributed by atoms with E-state index < -0.39 is 17.4 Å². The monoisotopic (exact) mass is 273 g/mol. The van der Waals surface area contributed by atoms with Gasteiger partial charge in [-0.15, -0.1) is 0 Å². The van der Waals surface area contributed by atoms with Gasteiger partial charge in [0.2, 0.25) is 0 Å². The van der Waals surface area contributed by atoms with E-state index in [1.807, 2.05) is 0 Å². The normalized spacial score (nSPS) is 12.6. The summed E-state index contributed by atoms with van der Waals surface area (Å²) in [6.45, 7) is 3.25. The molecule has 3 nitrogen and oxygen atoms in total. The van der Waals surface area contributed by atoms with E-state index in [0.717, 1.165) is 31.4 Å². The van der Waals surface area contributed by atoms with Crippen molar-refractivity contribution in [1.82, 2.24) is 5.32 Å². The van der Waals surface area contributed by atoms with Crippen LogP contribution in [0.4, 0.5) is 8.78 Å². The Morgan fingerprint density at radius 2 is 1.84 bits per heavy atom. The molecule has 108 valence electrons. The topological polar surface area (TPSA) is 52.5 Å². The van der Waals surface area contributed by atoms with Gasteiger partial charge in [0.05, 0.1) is 0 Å². The molecular formula is C14H21F2NO2. The molecule has 0 heterocycles. The molecule has 0 aromatic heterocycles. The third-order valence-corrected chi connectivity index (χ3v) is 3.07. The van der Waals surface area contributed by atoms with Crippen LogP contribution < -0.4 is 5.32 Å². The van der Waals surface area contributed by atoms with Crippen molar-refractivity contribution in [2.75, 3.05) is 13.2 Å². The highest BCUT2D eigenvalue weighted by atomic mass is 19.1. The number of rotatable bonds is 8. The Kier molecular flexibility index (Phi) is 6.73. The maximum Gasteiger partial charge on any atom is 0.187 e. The molecule has 0 bridgehead atoms. The van der Waals surface area contributed by atoms with Gasteiger partial charge in [0.25, 0.3) is 0 Å². The summed E-state index contributed by atoms with van der Waals surface area (Å²) >= 11 is 0. The molecule has 19 heavy (non-hydrogen) atoms. The second kappa shape index (κ2) is 8.07. The van der Waals surface area contributed by atoms with Gasteiger partial charge < -0.3 is 15.5 Å². The van der Waals surface area contributed by atoms with Gasteiger partial charge in [-0.1, -0.05) is 13.3 Å². The van der Waals surface area contributed by atoms with Crippen LogP contribution in [0.25, 0.3) is 0 Å². The molecule has 5 heteroatoms. The first-order valence-corrected chi connectivity index (χ1v) is 6.57. The fraction of sp³-hybridized carbons (Fsp3) is 0.571. The SMILES string of the molecule is CCCC(CCO)CNCc1cc(F)c(O)c(F)c1. The van der Waals surface area contributed by atoms with E-state index in [1.165, 1.54) is 0 Å². The standard InChI is InChI=1S/C14H21F2NO2/c1-2-3-10(4-5-18)8-17-9-11-6-12(15)14(19)13(16)7-11/h6-7,10,17-19H,2-5,8-9H2,1H3. The summed E-state index contributed by atoms with van der Waals surface area (Å²) in [6, 6.07) is 2.23. The molecule has 1 aromatic rings. The van der Waals surface area contributed by atoms with Gasteiger partial charge in [-0.2, -0.15) is 0 Å². The molecule has 0 aliphatic carbocycles. The molecule has 1 aromatic carbocycles. The highest BCUT2D eigenvalue weighted by Crippen LogP contribution is 2.21. The Labute approximate surface area is 112 Å². The van der Waals surface area contributed by atoms with E-state index in [9.17, 15) is 8.78 Å². The van der Waals surface area contributed by atoms with Crippen LogP contribution in [0.3, 0.4) is 0 Å². The van der Waals surface area contributed by atoms with Crippen LogP contribution >= 0.6 is 0 Å². The van der Waals surface area contributed by atoms with Crippen molar-refractivity contribution in [3.8, 4) is 5.75 Å². The fourth-order valence-corrected chi connectivity index (χ4v) is 2.08. The number of benzene rings is 1. The van der Waals surface area contributed by atoms with Gasteiger partial charge in [-0.25, -0.2) is 8.78 Å². The average Bonchev–Trinajstić information content (AvgIpc) is 2.36. The van der Waals surface area contributed by atoms with Gasteiger partial charge in [-0.3, -0.25) is 0 Å². The molecule has 0 aliphatic rings. The zero-order valence-corrected chi connectivity index (χ0v) is 11.1. The predicted octanol–water partition coefficient (Wildman–Crippen LogP) is 2.56. The molecule has 0 amide bonds. The summed E-state index contributed by atoms with van der Waals surface area (Å²) < 4.78 is 26.2. The lowest BCUT2D eigenvalue weighted by atomic mass is 10.0. The van der Waals surface area contributed by atoms with Crippen molar-refractivity contribution >= 4 is 0 Å². The van der Waals surface area contributed by atoms with E-state index >= 15 is 0 Å². The number of phenols is 1. The first kappa shape index (κ1) is 15.9. The van der Waals surface area contributed by atoms with Gasteiger partial charge in [-0.05, 0) is 43.0 Å². The minimum absolute atomic E-state index is 0.148. The highest BCUT2D eigenvalue weighted by Gasteiger charge is 2.10. The number of phenolic OH excluding ortho intramolecular Hbond substituents is 1. The summed E-state index contributed by atoms with van der Waals surface area (Å²) in [7, 11) is 0. The summed E-state index contributed by atoms with van der Waals surface area (Å²) in [5, 5.41) is 21.0. The quantitative estimate of drug-likeness (QED) is 0.682. The van der Waals surface area contributed by atoms with Gasteiger partial charge in [0.15, 0.2) is 17.4 Å². The zero-order valence-electron chi connectivity index (χ0n) is 11.1. The molecule has 0 radical (unpaired) electrons. The summed E-state index contributed by atoms with van der Waals surface area (Å²) in [4.78, 5) is 0. The maximum atomic E-state index is 13.1. The Hall–Kier alpha value is -1.20. The van der Waals surface area contributed by atoms with Crippen molar-refractivity contribution in [1.29, 1.82) is 0 Å². The minimum Gasteiger partial charge on any atom is -0.503 e. The molecule has 0 saturated heterocycles. The van der Waals surface area contributed by atoms with Crippen LogP contribution in [0, 0.1) is 17.6 Å². The molecule has 1 atom stereocenters. The largest absolute Gasteiger partial charge is 0.503 e. The maximum absolute atomic E-state index is 13.1. The Bertz CT molecular complexity index is 370. The lowest BCUT2D eigenvalue weighted by Gasteiger charge is -2.15. The zero-order chi connectivity index (χ0) is 14.3. The predicted molar refractivity (Wildman–Crippen MR) is 69.8 cm³/mol. The van der Waals surface area contributed by atoms with Crippen molar-refractivity contribution in [2.24, 2.45) is 5.92 Å². The third kappa shape index (κ3) is 5.12. The van der Waals surface area contributed by atoms with Crippen LogP contribution in [-0.4, -0.2) is 23.4 Å². The second-order valence-corrected chi connectivity index (χ2v) is 4.71. The van der Waals surface area contributed by atoms with Crippen molar-refractivity contribution in [3.63, 3.8) is 0 Å². The van der Waals surface area contributed by atoms with E-state index in [2.05, 4.69) is 12.2 Å². The van der Waals surface area contributed by atoms with E-state index in [-0.39, 0.29) is 6.61 Å². The van der Waals surface area contributed by atoms with Crippen molar-refractivity contribution in [3.05, 3.63) is 29.3 Å². The highest BCUT2D eigenvalue weighted by molar-refractivity contribution is 5.29. The molecule has 0 saturated carbocycles. The molecule has 0 aliphatic heterocycles. The lowest BCUT2D eigenvalue weighted by molar-refractivity contribution is 0.248. The second-order valence-electron chi connectivity index (χ2n) is 4.71. The molecule has 3 N–H and O–H groups in total. The van der Waals surface area contributed by atoms with Crippen LogP contribution in [0.5, 0.6) is 5.75 Å². The van der Waals surface area contributed by atoms with Gasteiger partial charge >= 0.3 is 0 Å². The van der Waals surface area contributed by atoms with Crippen molar-refractivity contribution in [2.45, 2.75) is 32.7 Å². The molecular weight excluding hydrogens is 252 g/mol. The van der Waals surface area contributed by atoms with E-state index in [4.69, 9.17) is 10.2 Å². The summed E-state index contributed by atoms with van der Waals surface area (Å²) in [5.74, 6) is -2.47. The molecule has 0 spiro atoms. The van der Waals surface area contributed by atoms with E-state index in [1.54, 1.807) is 0 Å². The van der Waals surface area contributed by atoms with Crippen LogP contribution in [0.15, 0.2) is 12.1 Å². The van der Waals surface area contributed by atoms with E-state index in [0.29, 0.717) is 24.6 Å².